The molecule has 1 fully saturated rings. The Hall–Kier alpha value is -2.13. The lowest BCUT2D eigenvalue weighted by molar-refractivity contribution is -0.116. The Morgan fingerprint density at radius 1 is 1.17 bits per heavy atom. The van der Waals surface area contributed by atoms with Crippen LogP contribution >= 0.6 is 23.2 Å². The molecule has 0 saturated carbocycles. The standard InChI is InChI=1S/C20H21Cl2N3O4S/c1-24(2)18(13-3-5-14(21)6-4-13)12-23-20(27)16-8-7-15(11-17(16)22)25-19(26)9-10-30(25,28)29/h3-8,11,18H,9-10,12H2,1-2H3,(H,23,27). The van der Waals surface area contributed by atoms with Gasteiger partial charge in [0.25, 0.3) is 5.91 Å². The topological polar surface area (TPSA) is 86.8 Å². The van der Waals surface area contributed by atoms with Crippen molar-refractivity contribution in [1.82, 2.24) is 10.2 Å². The van der Waals surface area contributed by atoms with Gasteiger partial charge in [-0.2, -0.15) is 0 Å². The number of likely N-dealkylation sites (N-methyl/N-ethyl adjacent to an activating group) is 1. The summed E-state index contributed by atoms with van der Waals surface area (Å²) >= 11 is 12.2. The van der Waals surface area contributed by atoms with Crippen LogP contribution in [0.4, 0.5) is 5.69 Å². The first-order valence-electron chi connectivity index (χ1n) is 9.15. The van der Waals surface area contributed by atoms with Gasteiger partial charge in [0.2, 0.25) is 15.9 Å². The van der Waals surface area contributed by atoms with Crippen molar-refractivity contribution in [3.05, 3.63) is 63.6 Å². The molecular weight excluding hydrogens is 449 g/mol. The highest BCUT2D eigenvalue weighted by Crippen LogP contribution is 2.29. The normalized spacial score (nSPS) is 16.7. The Kier molecular flexibility index (Phi) is 6.71. The highest BCUT2D eigenvalue weighted by molar-refractivity contribution is 7.94. The summed E-state index contributed by atoms with van der Waals surface area (Å²) in [5.41, 5.74) is 1.31. The fourth-order valence-corrected chi connectivity index (χ4v) is 5.09. The summed E-state index contributed by atoms with van der Waals surface area (Å²) in [7, 11) is 0.113. The van der Waals surface area contributed by atoms with Crippen molar-refractivity contribution in [3.8, 4) is 0 Å². The van der Waals surface area contributed by atoms with Crippen molar-refractivity contribution >= 4 is 50.7 Å². The summed E-state index contributed by atoms with van der Waals surface area (Å²) in [4.78, 5) is 26.6. The second-order valence-electron chi connectivity index (χ2n) is 7.13. The largest absolute Gasteiger partial charge is 0.350 e. The molecule has 160 valence electrons. The average Bonchev–Trinajstić information content (AvgIpc) is 2.95. The smallest absolute Gasteiger partial charge is 0.252 e. The number of carbonyl (C=O) groups excluding carboxylic acids is 2. The number of sulfonamides is 1. The first kappa shape index (κ1) is 22.6. The Balaban J connectivity index is 1.75. The van der Waals surface area contributed by atoms with Crippen molar-refractivity contribution in [3.63, 3.8) is 0 Å². The molecule has 0 radical (unpaired) electrons. The van der Waals surface area contributed by atoms with E-state index >= 15 is 0 Å². The summed E-state index contributed by atoms with van der Waals surface area (Å²) in [6.07, 6.45) is -0.0706. The fraction of sp³-hybridized carbons (Fsp3) is 0.300. The first-order chi connectivity index (χ1) is 14.1. The van der Waals surface area contributed by atoms with Gasteiger partial charge in [-0.25, -0.2) is 12.7 Å². The van der Waals surface area contributed by atoms with Gasteiger partial charge in [-0.15, -0.1) is 0 Å². The molecule has 1 atom stereocenters. The maximum Gasteiger partial charge on any atom is 0.252 e. The number of carbonyl (C=O) groups is 2. The van der Waals surface area contributed by atoms with Crippen LogP contribution in [0.1, 0.15) is 28.4 Å². The zero-order valence-corrected chi connectivity index (χ0v) is 18.8. The van der Waals surface area contributed by atoms with Crippen LogP contribution in [0.15, 0.2) is 42.5 Å². The molecular formula is C20H21Cl2N3O4S. The molecule has 0 bridgehead atoms. The van der Waals surface area contributed by atoms with Gasteiger partial charge in [-0.1, -0.05) is 35.3 Å². The Labute approximate surface area is 185 Å². The van der Waals surface area contributed by atoms with Crippen LogP contribution in [0, 0.1) is 0 Å². The molecule has 7 nitrogen and oxygen atoms in total. The number of hydrogen-bond acceptors (Lipinski definition) is 5. The van der Waals surface area contributed by atoms with Crippen molar-refractivity contribution in [2.45, 2.75) is 12.5 Å². The van der Waals surface area contributed by atoms with Crippen molar-refractivity contribution in [2.24, 2.45) is 0 Å². The molecule has 0 aromatic heterocycles. The molecule has 1 heterocycles. The van der Waals surface area contributed by atoms with E-state index in [0.29, 0.717) is 11.6 Å². The lowest BCUT2D eigenvalue weighted by atomic mass is 10.1. The van der Waals surface area contributed by atoms with E-state index in [0.717, 1.165) is 9.87 Å². The molecule has 0 spiro atoms. The SMILES string of the molecule is CN(C)C(CNC(=O)c1ccc(N2C(=O)CCS2(=O)=O)cc1Cl)c1ccc(Cl)cc1. The lowest BCUT2D eigenvalue weighted by Gasteiger charge is -2.25. The van der Waals surface area contributed by atoms with Crippen LogP contribution in [-0.4, -0.2) is 51.5 Å². The van der Waals surface area contributed by atoms with E-state index in [9.17, 15) is 18.0 Å². The maximum atomic E-state index is 12.7. The van der Waals surface area contributed by atoms with Crippen molar-refractivity contribution < 1.29 is 18.0 Å². The quantitative estimate of drug-likeness (QED) is 0.702. The number of rotatable bonds is 6. The number of benzene rings is 2. The highest BCUT2D eigenvalue weighted by Gasteiger charge is 2.36. The number of halogens is 2. The van der Waals surface area contributed by atoms with Crippen LogP contribution < -0.4 is 9.62 Å². The van der Waals surface area contributed by atoms with Gasteiger partial charge in [-0.3, -0.25) is 9.59 Å². The van der Waals surface area contributed by atoms with E-state index in [1.165, 1.54) is 18.2 Å². The molecule has 1 N–H and O–H groups in total. The third-order valence-electron chi connectivity index (χ3n) is 4.84. The van der Waals surface area contributed by atoms with Gasteiger partial charge in [0.05, 0.1) is 28.1 Å². The highest BCUT2D eigenvalue weighted by atomic mass is 35.5. The second kappa shape index (κ2) is 8.93. The average molecular weight is 470 g/mol. The van der Waals surface area contributed by atoms with Crippen LogP contribution in [0.3, 0.4) is 0 Å². The molecule has 0 aliphatic carbocycles. The third-order valence-corrected chi connectivity index (χ3v) is 7.10. The van der Waals surface area contributed by atoms with Crippen LogP contribution in [0.2, 0.25) is 10.0 Å². The molecule has 2 aromatic carbocycles. The monoisotopic (exact) mass is 469 g/mol. The number of amides is 2. The van der Waals surface area contributed by atoms with E-state index in [1.54, 1.807) is 12.1 Å². The predicted molar refractivity (Wildman–Crippen MR) is 118 cm³/mol. The third kappa shape index (κ3) is 4.78. The minimum Gasteiger partial charge on any atom is -0.350 e. The maximum absolute atomic E-state index is 12.7. The summed E-state index contributed by atoms with van der Waals surface area (Å²) in [6, 6.07) is 11.4. The first-order valence-corrected chi connectivity index (χ1v) is 11.5. The molecule has 2 aromatic rings. The summed E-state index contributed by atoms with van der Waals surface area (Å²) in [6.45, 7) is 0.324. The molecule has 1 aliphatic heterocycles. The molecule has 1 aliphatic rings. The molecule has 10 heteroatoms. The van der Waals surface area contributed by atoms with Crippen molar-refractivity contribution in [2.75, 3.05) is 30.7 Å². The van der Waals surface area contributed by atoms with E-state index in [2.05, 4.69) is 5.32 Å². The Bertz CT molecular complexity index is 1070. The van der Waals surface area contributed by atoms with Crippen LogP contribution in [0.25, 0.3) is 0 Å². The van der Waals surface area contributed by atoms with E-state index in [1.807, 2.05) is 31.1 Å². The number of nitrogens with one attached hydrogen (secondary N) is 1. The van der Waals surface area contributed by atoms with Gasteiger partial charge in [0.15, 0.2) is 0 Å². The molecule has 1 saturated heterocycles. The minimum absolute atomic E-state index is 0.0628. The van der Waals surface area contributed by atoms with E-state index < -0.39 is 21.8 Å². The van der Waals surface area contributed by atoms with Gasteiger partial charge in [0.1, 0.15) is 0 Å². The lowest BCUT2D eigenvalue weighted by Crippen LogP contribution is -2.34. The zero-order valence-electron chi connectivity index (χ0n) is 16.4. The number of anilines is 1. The molecule has 3 rings (SSSR count). The van der Waals surface area contributed by atoms with E-state index in [4.69, 9.17) is 23.2 Å². The molecule has 2 amide bonds. The minimum atomic E-state index is -3.69. The fourth-order valence-electron chi connectivity index (χ4n) is 3.25. The Morgan fingerprint density at radius 2 is 1.83 bits per heavy atom. The van der Waals surface area contributed by atoms with Gasteiger partial charge in [-0.05, 0) is 50.0 Å². The zero-order chi connectivity index (χ0) is 22.1. The summed E-state index contributed by atoms with van der Waals surface area (Å²) in [5.74, 6) is -1.15. The number of nitrogens with zero attached hydrogens (tertiary/aromatic N) is 2. The van der Waals surface area contributed by atoms with Crippen LogP contribution in [0.5, 0.6) is 0 Å². The molecule has 30 heavy (non-hydrogen) atoms. The number of hydrogen-bond donors (Lipinski definition) is 1. The Morgan fingerprint density at radius 3 is 2.37 bits per heavy atom. The van der Waals surface area contributed by atoms with Gasteiger partial charge < -0.3 is 10.2 Å². The van der Waals surface area contributed by atoms with Gasteiger partial charge in [0, 0.05) is 18.0 Å². The van der Waals surface area contributed by atoms with Crippen molar-refractivity contribution in [1.29, 1.82) is 0 Å². The van der Waals surface area contributed by atoms with Gasteiger partial charge >= 0.3 is 0 Å². The van der Waals surface area contributed by atoms with E-state index in [-0.39, 0.29) is 34.5 Å². The summed E-state index contributed by atoms with van der Waals surface area (Å²) < 4.78 is 24.9. The predicted octanol–water partition coefficient (Wildman–Crippen LogP) is 3.09. The van der Waals surface area contributed by atoms with Crippen LogP contribution in [-0.2, 0) is 14.8 Å². The second-order valence-corrected chi connectivity index (χ2v) is 9.91. The molecule has 1 unspecified atom stereocenters. The summed E-state index contributed by atoms with van der Waals surface area (Å²) in [5, 5.41) is 3.54.